The lowest BCUT2D eigenvalue weighted by atomic mass is 10.2. The van der Waals surface area contributed by atoms with Crippen molar-refractivity contribution in [3.05, 3.63) is 17.7 Å². The van der Waals surface area contributed by atoms with E-state index in [1.165, 1.54) is 7.11 Å². The second kappa shape index (κ2) is 5.82. The maximum atomic E-state index is 11.6. The Morgan fingerprint density at radius 2 is 1.63 bits per heavy atom. The van der Waals surface area contributed by atoms with Crippen LogP contribution in [-0.4, -0.2) is 26.0 Å². The molecule has 0 spiro atoms. The Hall–Kier alpha value is -1.91. The van der Waals surface area contributed by atoms with Crippen LogP contribution in [-0.2, 0) is 4.74 Å². The molecule has 0 N–H and O–H groups in total. The highest BCUT2D eigenvalue weighted by molar-refractivity contribution is 5.67. The number of rotatable bonds is 3. The summed E-state index contributed by atoms with van der Waals surface area (Å²) in [5.41, 5.74) is 0.150. The molecule has 0 atom stereocenters. The van der Waals surface area contributed by atoms with E-state index in [1.807, 2.05) is 6.92 Å². The lowest BCUT2D eigenvalue weighted by Gasteiger charge is -2.20. The molecule has 0 bridgehead atoms. The second-order valence-electron chi connectivity index (χ2n) is 4.99. The van der Waals surface area contributed by atoms with Gasteiger partial charge in [0, 0.05) is 5.56 Å². The van der Waals surface area contributed by atoms with Gasteiger partial charge in [-0.1, -0.05) is 0 Å². The van der Waals surface area contributed by atoms with Crippen molar-refractivity contribution >= 4 is 6.16 Å². The molecule has 0 saturated carbocycles. The summed E-state index contributed by atoms with van der Waals surface area (Å²) < 4.78 is 20.7. The van der Waals surface area contributed by atoms with Crippen LogP contribution in [0.2, 0.25) is 0 Å². The van der Waals surface area contributed by atoms with Gasteiger partial charge in [0.05, 0.1) is 14.2 Å². The van der Waals surface area contributed by atoms with Crippen molar-refractivity contribution in [2.24, 2.45) is 0 Å². The minimum atomic E-state index is -0.768. The largest absolute Gasteiger partial charge is 0.514 e. The van der Waals surface area contributed by atoms with Gasteiger partial charge in [0.1, 0.15) is 11.4 Å². The van der Waals surface area contributed by atoms with E-state index in [-0.39, 0.29) is 0 Å². The predicted octanol–water partition coefficient (Wildman–Crippen LogP) is 3.33. The molecule has 1 rings (SSSR count). The van der Waals surface area contributed by atoms with Crippen LogP contribution in [0.25, 0.3) is 0 Å². The standard InChI is InChI=1S/C14H20O5/c1-9-10(16-5)7-8-11(12(9)17-6)18-13(15)19-14(2,3)4/h7-8H,1-6H3. The van der Waals surface area contributed by atoms with Crippen LogP contribution in [0, 0.1) is 6.92 Å². The van der Waals surface area contributed by atoms with Gasteiger partial charge in [-0.15, -0.1) is 0 Å². The lowest BCUT2D eigenvalue weighted by molar-refractivity contribution is 0.0200. The molecule has 0 amide bonds. The molecule has 106 valence electrons. The van der Waals surface area contributed by atoms with E-state index in [1.54, 1.807) is 40.0 Å². The average molecular weight is 268 g/mol. The summed E-state index contributed by atoms with van der Waals surface area (Å²) >= 11 is 0. The molecule has 0 aliphatic heterocycles. The third-order valence-corrected chi connectivity index (χ3v) is 2.33. The topological polar surface area (TPSA) is 54.0 Å². The third-order valence-electron chi connectivity index (χ3n) is 2.33. The third kappa shape index (κ3) is 4.05. The first-order valence-corrected chi connectivity index (χ1v) is 5.91. The van der Waals surface area contributed by atoms with Crippen molar-refractivity contribution in [2.45, 2.75) is 33.3 Å². The van der Waals surface area contributed by atoms with Crippen LogP contribution in [0.1, 0.15) is 26.3 Å². The van der Waals surface area contributed by atoms with E-state index >= 15 is 0 Å². The molecule has 0 saturated heterocycles. The van der Waals surface area contributed by atoms with Crippen molar-refractivity contribution in [1.29, 1.82) is 0 Å². The zero-order valence-electron chi connectivity index (χ0n) is 12.2. The smallest absolute Gasteiger partial charge is 0.496 e. The summed E-state index contributed by atoms with van der Waals surface area (Å²) in [6, 6.07) is 3.31. The Labute approximate surface area is 113 Å². The second-order valence-corrected chi connectivity index (χ2v) is 4.99. The Morgan fingerprint density at radius 3 is 2.11 bits per heavy atom. The molecular weight excluding hydrogens is 248 g/mol. The predicted molar refractivity (Wildman–Crippen MR) is 71.1 cm³/mol. The van der Waals surface area contributed by atoms with Crippen molar-refractivity contribution < 1.29 is 23.7 Å². The van der Waals surface area contributed by atoms with E-state index in [4.69, 9.17) is 18.9 Å². The highest BCUT2D eigenvalue weighted by Gasteiger charge is 2.21. The van der Waals surface area contributed by atoms with Gasteiger partial charge in [-0.3, -0.25) is 0 Å². The van der Waals surface area contributed by atoms with Crippen LogP contribution >= 0.6 is 0 Å². The van der Waals surface area contributed by atoms with Gasteiger partial charge in [-0.2, -0.15) is 0 Å². The fraction of sp³-hybridized carbons (Fsp3) is 0.500. The van der Waals surface area contributed by atoms with Crippen molar-refractivity contribution in [3.63, 3.8) is 0 Å². The van der Waals surface area contributed by atoms with E-state index in [0.29, 0.717) is 17.2 Å². The minimum Gasteiger partial charge on any atom is -0.496 e. The van der Waals surface area contributed by atoms with Crippen LogP contribution in [0.3, 0.4) is 0 Å². The summed E-state index contributed by atoms with van der Waals surface area (Å²) in [4.78, 5) is 11.6. The summed E-state index contributed by atoms with van der Waals surface area (Å²) in [5.74, 6) is 1.41. The first-order chi connectivity index (χ1) is 8.78. The van der Waals surface area contributed by atoms with Crippen molar-refractivity contribution in [1.82, 2.24) is 0 Å². The molecule has 1 aromatic rings. The Balaban J connectivity index is 2.96. The first kappa shape index (κ1) is 15.1. The minimum absolute atomic E-state index is 0.301. The van der Waals surface area contributed by atoms with Crippen LogP contribution in [0.4, 0.5) is 4.79 Å². The van der Waals surface area contributed by atoms with E-state index in [9.17, 15) is 4.79 Å². The molecule has 0 aliphatic rings. The van der Waals surface area contributed by atoms with Gasteiger partial charge in [0.25, 0.3) is 0 Å². The van der Waals surface area contributed by atoms with Gasteiger partial charge in [-0.25, -0.2) is 4.79 Å². The maximum absolute atomic E-state index is 11.6. The molecule has 0 radical (unpaired) electrons. The van der Waals surface area contributed by atoms with Gasteiger partial charge in [0.15, 0.2) is 11.5 Å². The van der Waals surface area contributed by atoms with Gasteiger partial charge < -0.3 is 18.9 Å². The summed E-state index contributed by atoms with van der Waals surface area (Å²) in [5, 5.41) is 0. The molecule has 0 fully saturated rings. The van der Waals surface area contributed by atoms with E-state index in [0.717, 1.165) is 5.56 Å². The highest BCUT2D eigenvalue weighted by atomic mass is 16.7. The molecule has 5 heteroatoms. The lowest BCUT2D eigenvalue weighted by Crippen LogP contribution is -2.26. The Morgan fingerprint density at radius 1 is 1.05 bits per heavy atom. The zero-order chi connectivity index (χ0) is 14.6. The molecule has 5 nitrogen and oxygen atoms in total. The van der Waals surface area contributed by atoms with Crippen LogP contribution in [0.15, 0.2) is 12.1 Å². The number of ether oxygens (including phenoxy) is 4. The molecule has 19 heavy (non-hydrogen) atoms. The Bertz CT molecular complexity index is 460. The molecular formula is C14H20O5. The molecule has 0 heterocycles. The summed E-state index contributed by atoms with van der Waals surface area (Å²) in [7, 11) is 3.07. The fourth-order valence-corrected chi connectivity index (χ4v) is 1.56. The first-order valence-electron chi connectivity index (χ1n) is 5.91. The quantitative estimate of drug-likeness (QED) is 0.621. The van der Waals surface area contributed by atoms with Crippen LogP contribution < -0.4 is 14.2 Å². The molecule has 0 unspecified atom stereocenters. The fourth-order valence-electron chi connectivity index (χ4n) is 1.56. The normalized spacial score (nSPS) is 10.8. The molecule has 0 aliphatic carbocycles. The van der Waals surface area contributed by atoms with Gasteiger partial charge >= 0.3 is 6.16 Å². The van der Waals surface area contributed by atoms with Gasteiger partial charge in [0.2, 0.25) is 0 Å². The number of carbonyl (C=O) groups is 1. The monoisotopic (exact) mass is 268 g/mol. The SMILES string of the molecule is COc1ccc(OC(=O)OC(C)(C)C)c(OC)c1C. The number of carbonyl (C=O) groups excluding carboxylic acids is 1. The number of hydrogen-bond donors (Lipinski definition) is 0. The van der Waals surface area contributed by atoms with Crippen molar-refractivity contribution in [2.75, 3.05) is 14.2 Å². The Kier molecular flexibility index (Phi) is 4.64. The van der Waals surface area contributed by atoms with Gasteiger partial charge in [-0.05, 0) is 39.8 Å². The van der Waals surface area contributed by atoms with E-state index in [2.05, 4.69) is 0 Å². The maximum Gasteiger partial charge on any atom is 0.514 e. The molecule has 0 aromatic heterocycles. The summed E-state index contributed by atoms with van der Waals surface area (Å²) in [6.45, 7) is 7.12. The number of hydrogen-bond acceptors (Lipinski definition) is 5. The number of methoxy groups -OCH3 is 2. The zero-order valence-corrected chi connectivity index (χ0v) is 12.2. The van der Waals surface area contributed by atoms with E-state index < -0.39 is 11.8 Å². The molecule has 1 aromatic carbocycles. The van der Waals surface area contributed by atoms with Crippen molar-refractivity contribution in [3.8, 4) is 17.2 Å². The highest BCUT2D eigenvalue weighted by Crippen LogP contribution is 2.36. The van der Waals surface area contributed by atoms with Crippen LogP contribution in [0.5, 0.6) is 17.2 Å². The number of benzene rings is 1. The average Bonchev–Trinajstić information content (AvgIpc) is 2.27. The summed E-state index contributed by atoms with van der Waals surface area (Å²) in [6.07, 6.45) is -0.768.